The number of nitrogens with zero attached hydrogens (tertiary/aromatic N) is 1. The van der Waals surface area contributed by atoms with Crippen LogP contribution < -0.4 is 0 Å². The third kappa shape index (κ3) is 3.67. The number of carbonyl (C=O) groups is 1. The largest absolute Gasteiger partial charge is 0.503 e. The van der Waals surface area contributed by atoms with Crippen molar-refractivity contribution in [1.29, 1.82) is 0 Å². The fraction of sp³-hybridized carbons (Fsp3) is 0.167. The van der Waals surface area contributed by atoms with Crippen LogP contribution in [0.5, 0.6) is 0 Å². The highest BCUT2D eigenvalue weighted by Gasteiger charge is 2.31. The molecule has 1 atom stereocenters. The summed E-state index contributed by atoms with van der Waals surface area (Å²) in [5, 5.41) is 31.5. The number of benzene rings is 2. The van der Waals surface area contributed by atoms with Gasteiger partial charge in [-0.3, -0.25) is 10.1 Å². The van der Waals surface area contributed by atoms with Crippen molar-refractivity contribution in [3.63, 3.8) is 0 Å². The number of rotatable bonds is 6. The normalized spacial score (nSPS) is 13.8. The van der Waals surface area contributed by atoms with E-state index in [-0.39, 0.29) is 22.4 Å². The van der Waals surface area contributed by atoms with E-state index < -0.39 is 16.5 Å². The molecule has 0 amide bonds. The second-order valence-electron chi connectivity index (χ2n) is 5.50. The third-order valence-electron chi connectivity index (χ3n) is 3.83. The zero-order valence-electron chi connectivity index (χ0n) is 13.7. The average Bonchev–Trinajstić information content (AvgIpc) is 2.59. The molecule has 1 unspecified atom stereocenters. The number of nitro groups is 1. The van der Waals surface area contributed by atoms with Crippen LogP contribution in [-0.4, -0.2) is 28.2 Å². The maximum absolute atomic E-state index is 11.5. The summed E-state index contributed by atoms with van der Waals surface area (Å²) in [4.78, 5) is 22.0. The van der Waals surface area contributed by atoms with E-state index in [9.17, 15) is 25.1 Å². The molecule has 2 N–H and O–H groups in total. The first kappa shape index (κ1) is 18.2. The SMILES string of the molecule is CO/C=C(/C(=O)O)c1ccccc1C(C)(O)c1cccc([N+](=O)[O-])c1. The van der Waals surface area contributed by atoms with Crippen molar-refractivity contribution in [3.05, 3.63) is 81.6 Å². The molecule has 130 valence electrons. The Kier molecular flexibility index (Phi) is 5.19. The Morgan fingerprint density at radius 3 is 2.52 bits per heavy atom. The number of hydrogen-bond donors (Lipinski definition) is 2. The van der Waals surface area contributed by atoms with Crippen LogP contribution in [0.4, 0.5) is 5.69 Å². The van der Waals surface area contributed by atoms with Crippen LogP contribution in [0.3, 0.4) is 0 Å². The van der Waals surface area contributed by atoms with Crippen molar-refractivity contribution < 1.29 is 24.7 Å². The quantitative estimate of drug-likeness (QED) is 0.361. The summed E-state index contributed by atoms with van der Waals surface area (Å²) in [5.41, 5.74) is -1.12. The molecule has 0 saturated carbocycles. The predicted octanol–water partition coefficient (Wildman–Crippen LogP) is 2.92. The molecule has 2 rings (SSSR count). The van der Waals surface area contributed by atoms with Gasteiger partial charge in [0.15, 0.2) is 0 Å². The number of non-ortho nitro benzene ring substituents is 1. The van der Waals surface area contributed by atoms with Gasteiger partial charge in [0.1, 0.15) is 11.2 Å². The highest BCUT2D eigenvalue weighted by atomic mass is 16.6. The number of carboxylic acids is 1. The van der Waals surface area contributed by atoms with Crippen LogP contribution in [0.15, 0.2) is 54.8 Å². The van der Waals surface area contributed by atoms with Crippen LogP contribution in [0, 0.1) is 10.1 Å². The van der Waals surface area contributed by atoms with Crippen LogP contribution in [0.25, 0.3) is 5.57 Å². The lowest BCUT2D eigenvalue weighted by Gasteiger charge is -2.27. The lowest BCUT2D eigenvalue weighted by Crippen LogP contribution is -2.25. The van der Waals surface area contributed by atoms with E-state index >= 15 is 0 Å². The molecule has 25 heavy (non-hydrogen) atoms. The van der Waals surface area contributed by atoms with Crippen LogP contribution in [0.1, 0.15) is 23.6 Å². The number of carboxylic acid groups (broad SMARTS) is 1. The maximum atomic E-state index is 11.5. The van der Waals surface area contributed by atoms with Gasteiger partial charge >= 0.3 is 5.97 Å². The molecule has 0 radical (unpaired) electrons. The minimum absolute atomic E-state index is 0.135. The van der Waals surface area contributed by atoms with Crippen molar-refractivity contribution in [2.24, 2.45) is 0 Å². The van der Waals surface area contributed by atoms with Crippen molar-refractivity contribution in [1.82, 2.24) is 0 Å². The summed E-state index contributed by atoms with van der Waals surface area (Å²) >= 11 is 0. The minimum Gasteiger partial charge on any atom is -0.503 e. The Morgan fingerprint density at radius 1 is 1.24 bits per heavy atom. The lowest BCUT2D eigenvalue weighted by atomic mass is 9.83. The molecule has 0 aliphatic heterocycles. The topological polar surface area (TPSA) is 110 Å². The van der Waals surface area contributed by atoms with Gasteiger partial charge in [-0.05, 0) is 23.6 Å². The fourth-order valence-electron chi connectivity index (χ4n) is 2.57. The summed E-state index contributed by atoms with van der Waals surface area (Å²) in [7, 11) is 1.32. The number of aliphatic hydroxyl groups is 1. The summed E-state index contributed by atoms with van der Waals surface area (Å²) in [6.07, 6.45) is 1.07. The van der Waals surface area contributed by atoms with Gasteiger partial charge in [-0.15, -0.1) is 0 Å². The molecule has 2 aromatic rings. The second-order valence-corrected chi connectivity index (χ2v) is 5.50. The van der Waals surface area contributed by atoms with Gasteiger partial charge in [0.05, 0.1) is 18.3 Å². The van der Waals surface area contributed by atoms with E-state index in [0.717, 1.165) is 6.26 Å². The summed E-state index contributed by atoms with van der Waals surface area (Å²) < 4.78 is 4.83. The zero-order chi connectivity index (χ0) is 18.6. The van der Waals surface area contributed by atoms with Gasteiger partial charge in [0.2, 0.25) is 0 Å². The molecule has 0 aromatic heterocycles. The second kappa shape index (κ2) is 7.14. The van der Waals surface area contributed by atoms with Gasteiger partial charge in [0, 0.05) is 12.1 Å². The highest BCUT2D eigenvalue weighted by Crippen LogP contribution is 2.35. The molecule has 0 bridgehead atoms. The Bertz CT molecular complexity index is 841. The Morgan fingerprint density at radius 2 is 1.92 bits per heavy atom. The molecule has 0 spiro atoms. The van der Waals surface area contributed by atoms with Gasteiger partial charge in [0.25, 0.3) is 5.69 Å². The molecule has 0 fully saturated rings. The Balaban J connectivity index is 2.65. The summed E-state index contributed by atoms with van der Waals surface area (Å²) in [5.74, 6) is -1.22. The van der Waals surface area contributed by atoms with Crippen LogP contribution >= 0.6 is 0 Å². The molecule has 0 heterocycles. The van der Waals surface area contributed by atoms with Gasteiger partial charge < -0.3 is 14.9 Å². The number of aliphatic carboxylic acids is 1. The molecule has 7 heteroatoms. The fourth-order valence-corrected chi connectivity index (χ4v) is 2.57. The Labute approximate surface area is 144 Å². The van der Waals surface area contributed by atoms with Gasteiger partial charge in [-0.2, -0.15) is 0 Å². The molecule has 0 aliphatic rings. The van der Waals surface area contributed by atoms with E-state index in [1.54, 1.807) is 30.3 Å². The number of nitro benzene ring substituents is 1. The molecular weight excluding hydrogens is 326 g/mol. The molecule has 0 saturated heterocycles. The third-order valence-corrected chi connectivity index (χ3v) is 3.83. The monoisotopic (exact) mass is 343 g/mol. The first-order chi connectivity index (χ1) is 11.8. The first-order valence-corrected chi connectivity index (χ1v) is 7.32. The zero-order valence-corrected chi connectivity index (χ0v) is 13.7. The van der Waals surface area contributed by atoms with Gasteiger partial charge in [-0.1, -0.05) is 36.4 Å². The lowest BCUT2D eigenvalue weighted by molar-refractivity contribution is -0.385. The van der Waals surface area contributed by atoms with E-state index in [4.69, 9.17) is 4.74 Å². The van der Waals surface area contributed by atoms with E-state index in [2.05, 4.69) is 0 Å². The standard InChI is InChI=1S/C18H17NO6/c1-18(22,12-6-5-7-13(10-12)19(23)24)16-9-4-3-8-14(16)15(11-25-2)17(20)21/h3-11,22H,1-2H3,(H,20,21)/b15-11+. The summed E-state index contributed by atoms with van der Waals surface area (Å²) in [6.45, 7) is 1.46. The van der Waals surface area contributed by atoms with Crippen molar-refractivity contribution in [2.45, 2.75) is 12.5 Å². The van der Waals surface area contributed by atoms with Gasteiger partial charge in [-0.25, -0.2) is 4.79 Å². The maximum Gasteiger partial charge on any atom is 0.339 e. The molecular formula is C18H17NO6. The van der Waals surface area contributed by atoms with E-state index in [0.29, 0.717) is 5.56 Å². The van der Waals surface area contributed by atoms with Crippen molar-refractivity contribution in [2.75, 3.05) is 7.11 Å². The van der Waals surface area contributed by atoms with Crippen molar-refractivity contribution in [3.8, 4) is 0 Å². The predicted molar refractivity (Wildman–Crippen MR) is 90.8 cm³/mol. The number of methoxy groups -OCH3 is 1. The number of ether oxygens (including phenoxy) is 1. The molecule has 2 aromatic carbocycles. The first-order valence-electron chi connectivity index (χ1n) is 7.32. The van der Waals surface area contributed by atoms with Crippen molar-refractivity contribution >= 4 is 17.2 Å². The molecule has 0 aliphatic carbocycles. The smallest absolute Gasteiger partial charge is 0.339 e. The number of hydrogen-bond acceptors (Lipinski definition) is 5. The Hall–Kier alpha value is -3.19. The summed E-state index contributed by atoms with van der Waals surface area (Å²) in [6, 6.07) is 12.0. The highest BCUT2D eigenvalue weighted by molar-refractivity contribution is 6.15. The van der Waals surface area contributed by atoms with E-state index in [1.807, 2.05) is 0 Å². The molecule has 7 nitrogen and oxygen atoms in total. The minimum atomic E-state index is -1.65. The van der Waals surface area contributed by atoms with E-state index in [1.165, 1.54) is 32.2 Å². The van der Waals surface area contributed by atoms with Crippen LogP contribution in [-0.2, 0) is 15.1 Å². The van der Waals surface area contributed by atoms with Crippen LogP contribution in [0.2, 0.25) is 0 Å². The average molecular weight is 343 g/mol.